The summed E-state index contributed by atoms with van der Waals surface area (Å²) in [4.78, 5) is 4.12. The summed E-state index contributed by atoms with van der Waals surface area (Å²) in [6.07, 6.45) is 2.46. The molecule has 0 aromatic carbocycles. The van der Waals surface area contributed by atoms with Gasteiger partial charge in [0.1, 0.15) is 5.82 Å². The molecule has 1 aromatic heterocycles. The van der Waals surface area contributed by atoms with Crippen molar-refractivity contribution in [3.8, 4) is 0 Å². The molecule has 19 heavy (non-hydrogen) atoms. The van der Waals surface area contributed by atoms with Crippen LogP contribution in [0.3, 0.4) is 0 Å². The molecule has 0 aliphatic carbocycles. The molecule has 1 fully saturated rings. The smallest absolute Gasteiger partial charge is 0.303 e. The van der Waals surface area contributed by atoms with Crippen LogP contribution in [-0.2, 0) is 10.2 Å². The predicted octanol–water partition coefficient (Wildman–Crippen LogP) is 0.894. The van der Waals surface area contributed by atoms with Gasteiger partial charge in [-0.05, 0) is 31.9 Å². The summed E-state index contributed by atoms with van der Waals surface area (Å²) in [7, 11) is -3.65. The van der Waals surface area contributed by atoms with Crippen LogP contribution in [0.4, 0.5) is 5.82 Å². The molecular formula is C12H19N3O3S. The summed E-state index contributed by atoms with van der Waals surface area (Å²) in [6, 6.07) is 4.83. The SMILES string of the molecule is Cc1cccc(NS(=O)(=O)N2CCCCC2CO)n1. The second kappa shape index (κ2) is 5.85. The molecule has 2 N–H and O–H groups in total. The van der Waals surface area contributed by atoms with E-state index in [4.69, 9.17) is 0 Å². The third-order valence-electron chi connectivity index (χ3n) is 3.21. The van der Waals surface area contributed by atoms with Gasteiger partial charge in [-0.25, -0.2) is 4.98 Å². The van der Waals surface area contributed by atoms with E-state index in [-0.39, 0.29) is 12.6 Å². The molecule has 1 aromatic rings. The first kappa shape index (κ1) is 14.2. The lowest BCUT2D eigenvalue weighted by Crippen LogP contribution is -2.48. The van der Waals surface area contributed by atoms with E-state index in [2.05, 4.69) is 9.71 Å². The number of pyridine rings is 1. The van der Waals surface area contributed by atoms with Crippen molar-refractivity contribution in [1.29, 1.82) is 0 Å². The number of rotatable bonds is 4. The minimum absolute atomic E-state index is 0.151. The van der Waals surface area contributed by atoms with Crippen LogP contribution in [0.1, 0.15) is 25.0 Å². The number of hydrogen-bond donors (Lipinski definition) is 2. The van der Waals surface area contributed by atoms with Crippen LogP contribution in [0.25, 0.3) is 0 Å². The molecule has 0 amide bonds. The van der Waals surface area contributed by atoms with Crippen LogP contribution in [0.15, 0.2) is 18.2 Å². The Labute approximate surface area is 113 Å². The Morgan fingerprint density at radius 3 is 2.95 bits per heavy atom. The zero-order valence-electron chi connectivity index (χ0n) is 10.9. The molecule has 1 aliphatic heterocycles. The monoisotopic (exact) mass is 285 g/mol. The first-order valence-electron chi connectivity index (χ1n) is 6.37. The van der Waals surface area contributed by atoms with Gasteiger partial charge in [0, 0.05) is 18.3 Å². The van der Waals surface area contributed by atoms with Gasteiger partial charge in [-0.15, -0.1) is 0 Å². The number of anilines is 1. The summed E-state index contributed by atoms with van der Waals surface area (Å²) in [6.45, 7) is 2.09. The average Bonchev–Trinajstić information content (AvgIpc) is 2.38. The molecule has 1 atom stereocenters. The minimum atomic E-state index is -3.65. The van der Waals surface area contributed by atoms with Crippen molar-refractivity contribution < 1.29 is 13.5 Å². The van der Waals surface area contributed by atoms with Gasteiger partial charge in [0.15, 0.2) is 0 Å². The Kier molecular flexibility index (Phi) is 4.38. The van der Waals surface area contributed by atoms with Crippen molar-refractivity contribution in [2.75, 3.05) is 17.9 Å². The maximum Gasteiger partial charge on any atom is 0.303 e. The Morgan fingerprint density at radius 2 is 2.26 bits per heavy atom. The quantitative estimate of drug-likeness (QED) is 0.861. The highest BCUT2D eigenvalue weighted by Crippen LogP contribution is 2.21. The van der Waals surface area contributed by atoms with Gasteiger partial charge in [-0.2, -0.15) is 12.7 Å². The van der Waals surface area contributed by atoms with Gasteiger partial charge in [0.05, 0.1) is 6.61 Å². The van der Waals surface area contributed by atoms with Crippen LogP contribution >= 0.6 is 0 Å². The number of aryl methyl sites for hydroxylation is 1. The fraction of sp³-hybridized carbons (Fsp3) is 0.583. The summed E-state index contributed by atoms with van der Waals surface area (Å²) < 4.78 is 28.4. The summed E-state index contributed by atoms with van der Waals surface area (Å²) in [5.41, 5.74) is 0.748. The average molecular weight is 285 g/mol. The van der Waals surface area contributed by atoms with Crippen LogP contribution in [-0.4, -0.2) is 42.0 Å². The highest BCUT2D eigenvalue weighted by Gasteiger charge is 2.31. The highest BCUT2D eigenvalue weighted by molar-refractivity contribution is 7.90. The molecule has 1 unspecified atom stereocenters. The van der Waals surface area contributed by atoms with Gasteiger partial charge in [0.2, 0.25) is 0 Å². The summed E-state index contributed by atoms with van der Waals surface area (Å²) in [5.74, 6) is 0.308. The van der Waals surface area contributed by atoms with Gasteiger partial charge in [-0.3, -0.25) is 4.72 Å². The van der Waals surface area contributed by atoms with E-state index < -0.39 is 10.2 Å². The first-order valence-corrected chi connectivity index (χ1v) is 7.81. The third kappa shape index (κ3) is 3.43. The number of aromatic nitrogens is 1. The number of nitrogens with one attached hydrogen (secondary N) is 1. The maximum absolute atomic E-state index is 12.3. The van der Waals surface area contributed by atoms with E-state index in [1.807, 2.05) is 0 Å². The molecule has 0 radical (unpaired) electrons. The molecule has 2 rings (SSSR count). The minimum Gasteiger partial charge on any atom is -0.395 e. The Morgan fingerprint density at radius 1 is 1.47 bits per heavy atom. The number of aliphatic hydroxyl groups excluding tert-OH is 1. The zero-order valence-corrected chi connectivity index (χ0v) is 11.7. The van der Waals surface area contributed by atoms with E-state index >= 15 is 0 Å². The van der Waals surface area contributed by atoms with E-state index in [1.54, 1.807) is 25.1 Å². The molecule has 1 aliphatic rings. The lowest BCUT2D eigenvalue weighted by molar-refractivity contribution is 0.156. The first-order chi connectivity index (χ1) is 9.03. The standard InChI is InChI=1S/C12H19N3O3S/c1-10-5-4-7-12(13-10)14-19(17,18)15-8-3-2-6-11(15)9-16/h4-5,7,11,16H,2-3,6,8-9H2,1H3,(H,13,14). The Hall–Kier alpha value is -1.18. The van der Waals surface area contributed by atoms with Crippen LogP contribution < -0.4 is 4.72 Å². The van der Waals surface area contributed by atoms with Crippen molar-refractivity contribution in [2.45, 2.75) is 32.2 Å². The van der Waals surface area contributed by atoms with Crippen molar-refractivity contribution in [3.63, 3.8) is 0 Å². The number of aliphatic hydroxyl groups is 1. The molecule has 106 valence electrons. The Balaban J connectivity index is 2.17. The molecular weight excluding hydrogens is 266 g/mol. The molecule has 0 bridgehead atoms. The second-order valence-electron chi connectivity index (χ2n) is 4.71. The van der Waals surface area contributed by atoms with Crippen molar-refractivity contribution in [1.82, 2.24) is 9.29 Å². The normalized spacial score (nSPS) is 21.3. The molecule has 1 saturated heterocycles. The van der Waals surface area contributed by atoms with E-state index in [0.717, 1.165) is 18.5 Å². The van der Waals surface area contributed by atoms with Crippen molar-refractivity contribution >= 4 is 16.0 Å². The van der Waals surface area contributed by atoms with Gasteiger partial charge < -0.3 is 5.11 Å². The molecule has 0 saturated carbocycles. The largest absolute Gasteiger partial charge is 0.395 e. The van der Waals surface area contributed by atoms with Crippen LogP contribution in [0, 0.1) is 6.92 Å². The van der Waals surface area contributed by atoms with Gasteiger partial charge in [-0.1, -0.05) is 12.5 Å². The number of nitrogens with zero attached hydrogens (tertiary/aromatic N) is 2. The lowest BCUT2D eigenvalue weighted by atomic mass is 10.1. The van der Waals surface area contributed by atoms with Gasteiger partial charge in [0.25, 0.3) is 0 Å². The second-order valence-corrected chi connectivity index (χ2v) is 6.34. The van der Waals surface area contributed by atoms with Crippen molar-refractivity contribution in [3.05, 3.63) is 23.9 Å². The van der Waals surface area contributed by atoms with Gasteiger partial charge >= 0.3 is 10.2 Å². The lowest BCUT2D eigenvalue weighted by Gasteiger charge is -2.33. The molecule has 6 nitrogen and oxygen atoms in total. The summed E-state index contributed by atoms with van der Waals surface area (Å²) >= 11 is 0. The number of hydrogen-bond acceptors (Lipinski definition) is 4. The summed E-state index contributed by atoms with van der Waals surface area (Å²) in [5, 5.41) is 9.29. The number of piperidine rings is 1. The van der Waals surface area contributed by atoms with Crippen LogP contribution in [0.5, 0.6) is 0 Å². The predicted molar refractivity (Wildman–Crippen MR) is 72.9 cm³/mol. The van der Waals surface area contributed by atoms with E-state index in [1.165, 1.54) is 4.31 Å². The highest BCUT2D eigenvalue weighted by atomic mass is 32.2. The van der Waals surface area contributed by atoms with E-state index in [0.29, 0.717) is 18.8 Å². The molecule has 7 heteroatoms. The fourth-order valence-corrected chi connectivity index (χ4v) is 3.69. The topological polar surface area (TPSA) is 82.5 Å². The fourth-order valence-electron chi connectivity index (χ4n) is 2.26. The third-order valence-corrected chi connectivity index (χ3v) is 4.78. The van der Waals surface area contributed by atoms with E-state index in [9.17, 15) is 13.5 Å². The van der Waals surface area contributed by atoms with Crippen molar-refractivity contribution in [2.24, 2.45) is 0 Å². The maximum atomic E-state index is 12.3. The zero-order chi connectivity index (χ0) is 13.9. The Bertz CT molecular complexity index is 533. The molecule has 2 heterocycles. The molecule has 0 spiro atoms. The van der Waals surface area contributed by atoms with Crippen LogP contribution in [0.2, 0.25) is 0 Å².